The molecule has 1 aromatic heterocycles. The summed E-state index contributed by atoms with van der Waals surface area (Å²) in [4.78, 5) is 12.6. The van der Waals surface area contributed by atoms with Crippen molar-refractivity contribution in [2.24, 2.45) is 0 Å². The fraction of sp³-hybridized carbons (Fsp3) is 0.444. The molecule has 1 N–H and O–H groups in total. The standard InChI is InChI=1S/C18H25N3O3S/c1-6-21-14(4)18(13(3)20-21)12(2)19-17(22)11-15-7-9-16(10-8-15)25(5,23)24/h7-10,12H,6,11H2,1-5H3,(H,19,22)/t12-/m1/s1. The van der Waals surface area contributed by atoms with Crippen molar-refractivity contribution in [2.45, 2.75) is 51.6 Å². The number of hydrogen-bond acceptors (Lipinski definition) is 4. The lowest BCUT2D eigenvalue weighted by atomic mass is 10.1. The molecule has 1 amide bonds. The lowest BCUT2D eigenvalue weighted by Crippen LogP contribution is -2.28. The van der Waals surface area contributed by atoms with E-state index in [0.29, 0.717) is 0 Å². The largest absolute Gasteiger partial charge is 0.349 e. The number of benzene rings is 1. The Labute approximate surface area is 149 Å². The highest BCUT2D eigenvalue weighted by Gasteiger charge is 2.19. The lowest BCUT2D eigenvalue weighted by molar-refractivity contribution is -0.121. The number of rotatable bonds is 6. The van der Waals surface area contributed by atoms with Crippen LogP contribution in [0.25, 0.3) is 0 Å². The molecule has 0 unspecified atom stereocenters. The molecule has 2 rings (SSSR count). The molecule has 2 aromatic rings. The summed E-state index contributed by atoms with van der Waals surface area (Å²) in [5.74, 6) is -0.109. The summed E-state index contributed by atoms with van der Waals surface area (Å²) < 4.78 is 24.9. The minimum absolute atomic E-state index is 0.109. The van der Waals surface area contributed by atoms with Gasteiger partial charge in [0.1, 0.15) is 0 Å². The molecule has 1 aromatic carbocycles. The zero-order valence-electron chi connectivity index (χ0n) is 15.3. The van der Waals surface area contributed by atoms with Gasteiger partial charge in [0.05, 0.1) is 23.1 Å². The predicted octanol–water partition coefficient (Wildman–Crippen LogP) is 2.34. The van der Waals surface area contributed by atoms with Crippen LogP contribution in [0.3, 0.4) is 0 Å². The van der Waals surface area contributed by atoms with E-state index in [2.05, 4.69) is 10.4 Å². The highest BCUT2D eigenvalue weighted by molar-refractivity contribution is 7.90. The van der Waals surface area contributed by atoms with Gasteiger partial charge in [0.25, 0.3) is 0 Å². The first-order valence-electron chi connectivity index (χ1n) is 8.25. The molecule has 0 radical (unpaired) electrons. The molecular weight excluding hydrogens is 338 g/mol. The number of carbonyl (C=O) groups is 1. The number of nitrogens with one attached hydrogen (secondary N) is 1. The Balaban J connectivity index is 2.06. The Morgan fingerprint density at radius 1 is 1.24 bits per heavy atom. The Morgan fingerprint density at radius 3 is 2.32 bits per heavy atom. The van der Waals surface area contributed by atoms with Crippen LogP contribution in [0.15, 0.2) is 29.2 Å². The maximum absolute atomic E-state index is 12.3. The first-order valence-corrected chi connectivity index (χ1v) is 10.1. The zero-order valence-corrected chi connectivity index (χ0v) is 16.1. The van der Waals surface area contributed by atoms with Crippen molar-refractivity contribution in [1.82, 2.24) is 15.1 Å². The fourth-order valence-electron chi connectivity index (χ4n) is 3.05. The average molecular weight is 363 g/mol. The zero-order chi connectivity index (χ0) is 18.8. The number of hydrogen-bond donors (Lipinski definition) is 1. The predicted molar refractivity (Wildman–Crippen MR) is 97.2 cm³/mol. The van der Waals surface area contributed by atoms with Crippen molar-refractivity contribution >= 4 is 15.7 Å². The van der Waals surface area contributed by atoms with Crippen LogP contribution in [0, 0.1) is 13.8 Å². The van der Waals surface area contributed by atoms with Crippen LogP contribution in [-0.4, -0.2) is 30.4 Å². The molecular formula is C18H25N3O3S. The van der Waals surface area contributed by atoms with Crippen LogP contribution in [0.1, 0.15) is 42.4 Å². The summed E-state index contributed by atoms with van der Waals surface area (Å²) >= 11 is 0. The lowest BCUT2D eigenvalue weighted by Gasteiger charge is -2.15. The minimum Gasteiger partial charge on any atom is -0.349 e. The monoisotopic (exact) mass is 363 g/mol. The maximum Gasteiger partial charge on any atom is 0.224 e. The smallest absolute Gasteiger partial charge is 0.224 e. The van der Waals surface area contributed by atoms with Gasteiger partial charge >= 0.3 is 0 Å². The third-order valence-corrected chi connectivity index (χ3v) is 5.39. The van der Waals surface area contributed by atoms with Crippen molar-refractivity contribution in [3.8, 4) is 0 Å². The van der Waals surface area contributed by atoms with E-state index < -0.39 is 9.84 Å². The highest BCUT2D eigenvalue weighted by Crippen LogP contribution is 2.21. The highest BCUT2D eigenvalue weighted by atomic mass is 32.2. The van der Waals surface area contributed by atoms with Crippen molar-refractivity contribution in [3.63, 3.8) is 0 Å². The third-order valence-electron chi connectivity index (χ3n) is 4.26. The summed E-state index contributed by atoms with van der Waals surface area (Å²) in [5.41, 5.74) is 3.80. The van der Waals surface area contributed by atoms with Gasteiger partial charge in [-0.3, -0.25) is 9.48 Å². The quantitative estimate of drug-likeness (QED) is 0.854. The number of carbonyl (C=O) groups excluding carboxylic acids is 1. The molecule has 0 bridgehead atoms. The molecule has 1 heterocycles. The summed E-state index contributed by atoms with van der Waals surface area (Å²) in [6.07, 6.45) is 1.37. The molecule has 136 valence electrons. The first-order chi connectivity index (χ1) is 11.6. The van der Waals surface area contributed by atoms with Crippen LogP contribution in [0.5, 0.6) is 0 Å². The van der Waals surface area contributed by atoms with Gasteiger partial charge in [-0.15, -0.1) is 0 Å². The van der Waals surface area contributed by atoms with Crippen LogP contribution < -0.4 is 5.32 Å². The molecule has 6 nitrogen and oxygen atoms in total. The van der Waals surface area contributed by atoms with E-state index in [-0.39, 0.29) is 23.3 Å². The average Bonchev–Trinajstić information content (AvgIpc) is 2.80. The third kappa shape index (κ3) is 4.48. The number of aryl methyl sites for hydroxylation is 2. The van der Waals surface area contributed by atoms with Gasteiger partial charge in [-0.2, -0.15) is 5.10 Å². The molecule has 0 saturated carbocycles. The van der Waals surface area contributed by atoms with E-state index in [9.17, 15) is 13.2 Å². The minimum atomic E-state index is -3.22. The van der Waals surface area contributed by atoms with Crippen LogP contribution in [0.2, 0.25) is 0 Å². The second-order valence-electron chi connectivity index (χ2n) is 6.28. The van der Waals surface area contributed by atoms with E-state index in [1.165, 1.54) is 12.1 Å². The molecule has 0 saturated heterocycles. The summed E-state index contributed by atoms with van der Waals surface area (Å²) in [6.45, 7) is 8.72. The van der Waals surface area contributed by atoms with Crippen LogP contribution in [0.4, 0.5) is 0 Å². The molecule has 0 aliphatic rings. The number of nitrogens with zero attached hydrogens (tertiary/aromatic N) is 2. The SMILES string of the molecule is CCn1nc(C)c([C@@H](C)NC(=O)Cc2ccc(S(C)(=O)=O)cc2)c1C. The summed E-state index contributed by atoms with van der Waals surface area (Å²) in [5, 5.41) is 7.48. The summed E-state index contributed by atoms with van der Waals surface area (Å²) in [7, 11) is -3.22. The van der Waals surface area contributed by atoms with Crippen molar-refractivity contribution < 1.29 is 13.2 Å². The fourth-order valence-corrected chi connectivity index (χ4v) is 3.68. The second kappa shape index (κ2) is 7.39. The Morgan fingerprint density at radius 2 is 1.84 bits per heavy atom. The maximum atomic E-state index is 12.3. The number of amides is 1. The topological polar surface area (TPSA) is 81.1 Å². The van der Waals surface area contributed by atoms with E-state index in [0.717, 1.165) is 35.3 Å². The van der Waals surface area contributed by atoms with Crippen molar-refractivity contribution in [3.05, 3.63) is 46.8 Å². The van der Waals surface area contributed by atoms with Gasteiger partial charge < -0.3 is 5.32 Å². The molecule has 1 atom stereocenters. The van der Waals surface area contributed by atoms with Gasteiger partial charge in [-0.1, -0.05) is 12.1 Å². The normalized spacial score (nSPS) is 12.8. The second-order valence-corrected chi connectivity index (χ2v) is 8.30. The number of sulfone groups is 1. The van der Waals surface area contributed by atoms with Crippen LogP contribution in [-0.2, 0) is 27.6 Å². The Hall–Kier alpha value is -2.15. The van der Waals surface area contributed by atoms with Gasteiger partial charge in [-0.05, 0) is 45.4 Å². The van der Waals surface area contributed by atoms with Crippen LogP contribution >= 0.6 is 0 Å². The van der Waals surface area contributed by atoms with Gasteiger partial charge in [0, 0.05) is 24.1 Å². The molecule has 0 aliphatic heterocycles. The van der Waals surface area contributed by atoms with E-state index in [1.54, 1.807) is 12.1 Å². The van der Waals surface area contributed by atoms with Gasteiger partial charge in [0.15, 0.2) is 9.84 Å². The molecule has 0 fully saturated rings. The molecule has 25 heavy (non-hydrogen) atoms. The molecule has 0 aliphatic carbocycles. The Bertz CT molecular complexity index is 868. The summed E-state index contributed by atoms with van der Waals surface area (Å²) in [6, 6.07) is 6.27. The number of aromatic nitrogens is 2. The molecule has 7 heteroatoms. The van der Waals surface area contributed by atoms with E-state index in [4.69, 9.17) is 0 Å². The van der Waals surface area contributed by atoms with E-state index >= 15 is 0 Å². The van der Waals surface area contributed by atoms with Crippen molar-refractivity contribution in [1.29, 1.82) is 0 Å². The van der Waals surface area contributed by atoms with Gasteiger partial charge in [0.2, 0.25) is 5.91 Å². The van der Waals surface area contributed by atoms with Gasteiger partial charge in [-0.25, -0.2) is 8.42 Å². The molecule has 0 spiro atoms. The van der Waals surface area contributed by atoms with Crippen molar-refractivity contribution in [2.75, 3.05) is 6.26 Å². The first kappa shape index (κ1) is 19.2. The van der Waals surface area contributed by atoms with E-state index in [1.807, 2.05) is 32.4 Å². The Kier molecular flexibility index (Phi) is 5.67.